The fourth-order valence-electron chi connectivity index (χ4n) is 2.81. The number of amides is 1. The van der Waals surface area contributed by atoms with Gasteiger partial charge in [-0.15, -0.1) is 11.8 Å². The summed E-state index contributed by atoms with van der Waals surface area (Å²) < 4.78 is 13.5. The second-order valence-electron chi connectivity index (χ2n) is 5.91. The van der Waals surface area contributed by atoms with E-state index in [1.54, 1.807) is 42.4 Å². The quantitative estimate of drug-likeness (QED) is 0.487. The predicted molar refractivity (Wildman–Crippen MR) is 108 cm³/mol. The highest BCUT2D eigenvalue weighted by Gasteiger charge is 2.17. The van der Waals surface area contributed by atoms with Gasteiger partial charge in [-0.25, -0.2) is 14.4 Å². The van der Waals surface area contributed by atoms with Gasteiger partial charge in [0, 0.05) is 22.9 Å². The van der Waals surface area contributed by atoms with Crippen LogP contribution in [0.5, 0.6) is 0 Å². The van der Waals surface area contributed by atoms with Crippen LogP contribution < -0.4 is 5.32 Å². The molecule has 8 heteroatoms. The van der Waals surface area contributed by atoms with Gasteiger partial charge in [0.2, 0.25) is 0 Å². The Morgan fingerprint density at radius 3 is 2.96 bits per heavy atom. The first kappa shape index (κ1) is 18.1. The molecule has 0 fully saturated rings. The van der Waals surface area contributed by atoms with Crippen molar-refractivity contribution in [1.82, 2.24) is 19.9 Å². The Morgan fingerprint density at radius 1 is 1.25 bits per heavy atom. The van der Waals surface area contributed by atoms with Crippen molar-refractivity contribution in [2.24, 2.45) is 0 Å². The maximum Gasteiger partial charge on any atom is 0.258 e. The predicted octanol–water partition coefficient (Wildman–Crippen LogP) is 4.52. The number of aromatic amines is 1. The molecule has 4 rings (SSSR count). The average molecular weight is 393 g/mol. The summed E-state index contributed by atoms with van der Waals surface area (Å²) in [5.74, 6) is 0.658. The molecule has 4 aromatic rings. The Morgan fingerprint density at radius 2 is 2.14 bits per heavy atom. The molecule has 0 unspecified atom stereocenters. The van der Waals surface area contributed by atoms with E-state index in [-0.39, 0.29) is 11.7 Å². The van der Waals surface area contributed by atoms with Gasteiger partial charge in [-0.1, -0.05) is 19.1 Å². The Labute approximate surface area is 164 Å². The van der Waals surface area contributed by atoms with Crippen LogP contribution in [0, 0.1) is 5.82 Å². The van der Waals surface area contributed by atoms with Gasteiger partial charge >= 0.3 is 0 Å². The number of hydrogen-bond donors (Lipinski definition) is 2. The molecule has 0 spiro atoms. The zero-order valence-corrected chi connectivity index (χ0v) is 15.8. The molecule has 3 heterocycles. The van der Waals surface area contributed by atoms with E-state index in [2.05, 4.69) is 25.3 Å². The molecule has 0 aliphatic rings. The topological polar surface area (TPSA) is 83.6 Å². The highest BCUT2D eigenvalue weighted by atomic mass is 32.2. The number of carbonyl (C=O) groups is 1. The van der Waals surface area contributed by atoms with E-state index >= 15 is 0 Å². The Hall–Kier alpha value is -3.26. The Balaban J connectivity index is 1.70. The fourth-order valence-corrected chi connectivity index (χ4v) is 3.54. The number of nitrogens with zero attached hydrogens (tertiary/aromatic N) is 3. The molecule has 0 aliphatic heterocycles. The molecule has 2 N–H and O–H groups in total. The summed E-state index contributed by atoms with van der Waals surface area (Å²) in [6.45, 7) is 2.04. The van der Waals surface area contributed by atoms with E-state index in [1.807, 2.05) is 13.0 Å². The third kappa shape index (κ3) is 3.59. The summed E-state index contributed by atoms with van der Waals surface area (Å²) in [7, 11) is 0. The molecule has 0 saturated carbocycles. The van der Waals surface area contributed by atoms with E-state index in [1.165, 1.54) is 18.3 Å². The van der Waals surface area contributed by atoms with Crippen LogP contribution in [-0.4, -0.2) is 31.6 Å². The number of nitrogens with one attached hydrogen (secondary N) is 2. The number of halogens is 1. The molecule has 0 saturated heterocycles. The summed E-state index contributed by atoms with van der Waals surface area (Å²) in [6, 6.07) is 9.56. The van der Waals surface area contributed by atoms with E-state index < -0.39 is 0 Å². The lowest BCUT2D eigenvalue weighted by Crippen LogP contribution is -2.13. The molecule has 28 heavy (non-hydrogen) atoms. The molecule has 0 aliphatic carbocycles. The summed E-state index contributed by atoms with van der Waals surface area (Å²) in [5.41, 5.74) is 2.48. The van der Waals surface area contributed by atoms with E-state index in [0.717, 1.165) is 10.6 Å². The number of carbonyl (C=O) groups excluding carboxylic acids is 1. The first-order valence-electron chi connectivity index (χ1n) is 8.64. The SMILES string of the molecule is CCSc1ccncc1NC(=O)c1ccnc2[nH]c(-c3cccc(F)c3)nc12. The van der Waals surface area contributed by atoms with Gasteiger partial charge in [-0.3, -0.25) is 9.78 Å². The minimum atomic E-state index is -0.360. The highest BCUT2D eigenvalue weighted by Crippen LogP contribution is 2.27. The number of benzene rings is 1. The van der Waals surface area contributed by atoms with Gasteiger partial charge in [-0.05, 0) is 30.0 Å². The fraction of sp³-hybridized carbons (Fsp3) is 0.100. The molecule has 6 nitrogen and oxygen atoms in total. The zero-order chi connectivity index (χ0) is 19.5. The lowest BCUT2D eigenvalue weighted by molar-refractivity contribution is 0.102. The van der Waals surface area contributed by atoms with Crippen molar-refractivity contribution in [1.29, 1.82) is 0 Å². The second-order valence-corrected chi connectivity index (χ2v) is 7.22. The third-order valence-corrected chi connectivity index (χ3v) is 5.01. The van der Waals surface area contributed by atoms with Crippen LogP contribution in [0.15, 0.2) is 59.9 Å². The number of pyridine rings is 2. The van der Waals surface area contributed by atoms with Gasteiger partial charge in [-0.2, -0.15) is 0 Å². The maximum absolute atomic E-state index is 13.5. The van der Waals surface area contributed by atoms with Crippen molar-refractivity contribution < 1.29 is 9.18 Å². The monoisotopic (exact) mass is 393 g/mol. The summed E-state index contributed by atoms with van der Waals surface area (Å²) >= 11 is 1.62. The van der Waals surface area contributed by atoms with Crippen molar-refractivity contribution in [3.8, 4) is 11.4 Å². The molecule has 3 aromatic heterocycles. The molecule has 0 radical (unpaired) electrons. The van der Waals surface area contributed by atoms with Crippen LogP contribution in [0.1, 0.15) is 17.3 Å². The van der Waals surface area contributed by atoms with Crippen LogP contribution in [-0.2, 0) is 0 Å². The van der Waals surface area contributed by atoms with Crippen LogP contribution in [0.25, 0.3) is 22.6 Å². The molecule has 1 amide bonds. The lowest BCUT2D eigenvalue weighted by atomic mass is 10.2. The Bertz CT molecular complexity index is 1160. The van der Waals surface area contributed by atoms with Crippen molar-refractivity contribution in [2.45, 2.75) is 11.8 Å². The minimum Gasteiger partial charge on any atom is -0.323 e. The third-order valence-electron chi connectivity index (χ3n) is 4.06. The summed E-state index contributed by atoms with van der Waals surface area (Å²) in [4.78, 5) is 29.7. The smallest absolute Gasteiger partial charge is 0.258 e. The number of imidazole rings is 1. The number of aromatic nitrogens is 4. The largest absolute Gasteiger partial charge is 0.323 e. The van der Waals surface area contributed by atoms with Crippen molar-refractivity contribution in [3.05, 3.63) is 66.4 Å². The highest BCUT2D eigenvalue weighted by molar-refractivity contribution is 7.99. The van der Waals surface area contributed by atoms with Crippen LogP contribution >= 0.6 is 11.8 Å². The number of fused-ring (bicyclic) bond motifs is 1. The van der Waals surface area contributed by atoms with Gasteiger partial charge in [0.05, 0.1) is 17.4 Å². The zero-order valence-electron chi connectivity index (χ0n) is 14.9. The normalized spacial score (nSPS) is 10.9. The van der Waals surface area contributed by atoms with Gasteiger partial charge in [0.1, 0.15) is 17.2 Å². The lowest BCUT2D eigenvalue weighted by Gasteiger charge is -2.09. The van der Waals surface area contributed by atoms with Gasteiger partial charge in [0.25, 0.3) is 5.91 Å². The first-order valence-corrected chi connectivity index (χ1v) is 9.63. The van der Waals surface area contributed by atoms with Crippen molar-refractivity contribution in [3.63, 3.8) is 0 Å². The standard InChI is InChI=1S/C20H16FN5OS/c1-2-28-16-7-8-22-11-15(16)24-20(27)14-6-9-23-19-17(14)25-18(26-19)12-4-3-5-13(21)10-12/h3-11H,2H2,1H3,(H,24,27)(H,23,25,26). The molecule has 0 atom stereocenters. The molecule has 1 aromatic carbocycles. The van der Waals surface area contributed by atoms with Crippen molar-refractivity contribution in [2.75, 3.05) is 11.1 Å². The average Bonchev–Trinajstić information content (AvgIpc) is 3.14. The molecule has 0 bridgehead atoms. The molecule has 140 valence electrons. The van der Waals surface area contributed by atoms with Crippen LogP contribution in [0.3, 0.4) is 0 Å². The number of H-pyrrole nitrogens is 1. The first-order chi connectivity index (χ1) is 13.7. The van der Waals surface area contributed by atoms with E-state index in [4.69, 9.17) is 0 Å². The van der Waals surface area contributed by atoms with Crippen LogP contribution in [0.4, 0.5) is 10.1 Å². The summed E-state index contributed by atoms with van der Waals surface area (Å²) in [6.07, 6.45) is 4.85. The maximum atomic E-state index is 13.5. The number of thioether (sulfide) groups is 1. The Kier molecular flexibility index (Phi) is 5.03. The number of hydrogen-bond acceptors (Lipinski definition) is 5. The second kappa shape index (κ2) is 7.77. The van der Waals surface area contributed by atoms with Gasteiger partial charge < -0.3 is 10.3 Å². The van der Waals surface area contributed by atoms with Crippen molar-refractivity contribution >= 4 is 34.5 Å². The minimum absolute atomic E-state index is 0.310. The molecular formula is C20H16FN5OS. The van der Waals surface area contributed by atoms with E-state index in [9.17, 15) is 9.18 Å². The summed E-state index contributed by atoms with van der Waals surface area (Å²) in [5, 5.41) is 2.90. The van der Waals surface area contributed by atoms with Crippen LogP contribution in [0.2, 0.25) is 0 Å². The van der Waals surface area contributed by atoms with Gasteiger partial charge in [0.15, 0.2) is 5.65 Å². The molecular weight excluding hydrogens is 377 g/mol. The number of rotatable bonds is 5. The van der Waals surface area contributed by atoms with E-state index in [0.29, 0.717) is 33.8 Å². The number of anilines is 1.